The highest BCUT2D eigenvalue weighted by atomic mass is 32.2. The third-order valence-corrected chi connectivity index (χ3v) is 6.06. The molecule has 0 atom stereocenters. The fraction of sp³-hybridized carbons (Fsp3) is 0.357. The number of nitrogens with zero attached hydrogens (tertiary/aromatic N) is 3. The molecule has 25 heavy (non-hydrogen) atoms. The Labute approximate surface area is 153 Å². The van der Waals surface area contributed by atoms with Crippen molar-refractivity contribution in [2.45, 2.75) is 11.3 Å². The lowest BCUT2D eigenvalue weighted by Gasteiger charge is -2.21. The molecule has 1 amide bonds. The van der Waals surface area contributed by atoms with Crippen LogP contribution in [-0.4, -0.2) is 49.6 Å². The van der Waals surface area contributed by atoms with Gasteiger partial charge in [-0.3, -0.25) is 9.10 Å². The van der Waals surface area contributed by atoms with Gasteiger partial charge in [-0.1, -0.05) is 29.2 Å². The maximum atomic E-state index is 13.3. The molecule has 136 valence electrons. The van der Waals surface area contributed by atoms with Crippen LogP contribution in [0.5, 0.6) is 0 Å². The number of sulfonamides is 1. The van der Waals surface area contributed by atoms with E-state index in [9.17, 15) is 17.6 Å². The van der Waals surface area contributed by atoms with E-state index < -0.39 is 28.3 Å². The highest BCUT2D eigenvalue weighted by Gasteiger charge is 2.21. The number of aromatic nitrogens is 2. The number of anilines is 1. The highest BCUT2D eigenvalue weighted by molar-refractivity contribution is 8.01. The molecule has 0 aliphatic carbocycles. The minimum Gasteiger partial charge on any atom is -0.354 e. The Kier molecular flexibility index (Phi) is 6.73. The van der Waals surface area contributed by atoms with Crippen molar-refractivity contribution in [3.05, 3.63) is 35.1 Å². The Morgan fingerprint density at radius 2 is 2.16 bits per heavy atom. The van der Waals surface area contributed by atoms with Gasteiger partial charge in [0.25, 0.3) is 0 Å². The summed E-state index contributed by atoms with van der Waals surface area (Å²) in [4.78, 5) is 12.0. The van der Waals surface area contributed by atoms with E-state index in [-0.39, 0.29) is 5.69 Å². The minimum absolute atomic E-state index is 0.108. The van der Waals surface area contributed by atoms with Crippen molar-refractivity contribution in [3.8, 4) is 0 Å². The average molecular weight is 405 g/mol. The summed E-state index contributed by atoms with van der Waals surface area (Å²) in [7, 11) is -3.72. The number of halogens is 1. The van der Waals surface area contributed by atoms with Crippen LogP contribution in [0, 0.1) is 12.7 Å². The molecule has 1 aromatic heterocycles. The van der Waals surface area contributed by atoms with Crippen molar-refractivity contribution < 1.29 is 17.6 Å². The average Bonchev–Trinajstić information content (AvgIpc) is 2.93. The predicted molar refractivity (Wildman–Crippen MR) is 97.0 cm³/mol. The van der Waals surface area contributed by atoms with E-state index in [1.165, 1.54) is 41.3 Å². The molecule has 0 unspecified atom stereocenters. The van der Waals surface area contributed by atoms with Crippen LogP contribution < -0.4 is 9.62 Å². The summed E-state index contributed by atoms with van der Waals surface area (Å²) in [5.74, 6) is -0.460. The Morgan fingerprint density at radius 1 is 1.40 bits per heavy atom. The van der Waals surface area contributed by atoms with Crippen LogP contribution in [-0.2, 0) is 14.8 Å². The molecule has 0 spiro atoms. The second kappa shape index (κ2) is 8.59. The number of carbonyl (C=O) groups excluding carboxylic acids is 1. The highest BCUT2D eigenvalue weighted by Crippen LogP contribution is 2.21. The summed E-state index contributed by atoms with van der Waals surface area (Å²) in [5, 5.41) is 11.4. The molecular formula is C14H17FN4O3S3. The molecule has 1 heterocycles. The summed E-state index contributed by atoms with van der Waals surface area (Å²) >= 11 is 2.92. The van der Waals surface area contributed by atoms with Gasteiger partial charge in [-0.2, -0.15) is 0 Å². The molecule has 0 fully saturated rings. The van der Waals surface area contributed by atoms with Crippen LogP contribution in [0.25, 0.3) is 0 Å². The molecule has 11 heteroatoms. The number of benzene rings is 1. The molecule has 0 bridgehead atoms. The maximum absolute atomic E-state index is 13.3. The van der Waals surface area contributed by atoms with Crippen LogP contribution >= 0.6 is 23.1 Å². The van der Waals surface area contributed by atoms with E-state index in [1.54, 1.807) is 0 Å². The van der Waals surface area contributed by atoms with E-state index in [2.05, 4.69) is 15.5 Å². The molecular weight excluding hydrogens is 387 g/mol. The normalized spacial score (nSPS) is 11.3. The summed E-state index contributed by atoms with van der Waals surface area (Å²) in [5.41, 5.74) is 0.108. The standard InChI is InChI=1S/C14H17FN4O3S3/c1-10-17-18-14(24-10)23-7-6-16-13(20)9-19(25(2,21)22)12-5-3-4-11(15)8-12/h3-5,8H,6-7,9H2,1-2H3,(H,16,20). The number of carbonyl (C=O) groups is 1. The fourth-order valence-electron chi connectivity index (χ4n) is 1.88. The third-order valence-electron chi connectivity index (χ3n) is 2.94. The molecule has 0 radical (unpaired) electrons. The van der Waals surface area contributed by atoms with E-state index in [0.717, 1.165) is 26.0 Å². The molecule has 2 rings (SSSR count). The van der Waals surface area contributed by atoms with Crippen LogP contribution in [0.1, 0.15) is 5.01 Å². The molecule has 0 aliphatic rings. The molecule has 0 aliphatic heterocycles. The second-order valence-corrected chi connectivity index (χ2v) is 9.47. The number of amides is 1. The molecule has 2 aromatic rings. The quantitative estimate of drug-likeness (QED) is 0.531. The Morgan fingerprint density at radius 3 is 2.76 bits per heavy atom. The largest absolute Gasteiger partial charge is 0.354 e. The van der Waals surface area contributed by atoms with Gasteiger partial charge in [-0.25, -0.2) is 12.8 Å². The lowest BCUT2D eigenvalue weighted by atomic mass is 10.3. The molecule has 0 saturated carbocycles. The van der Waals surface area contributed by atoms with E-state index in [0.29, 0.717) is 12.3 Å². The summed E-state index contributed by atoms with van der Waals surface area (Å²) < 4.78 is 38.8. The summed E-state index contributed by atoms with van der Waals surface area (Å²) in [6, 6.07) is 5.10. The molecule has 1 N–H and O–H groups in total. The van der Waals surface area contributed by atoms with Crippen molar-refractivity contribution in [3.63, 3.8) is 0 Å². The Bertz CT molecular complexity index is 841. The zero-order valence-electron chi connectivity index (χ0n) is 13.6. The van der Waals surface area contributed by atoms with Gasteiger partial charge in [0.2, 0.25) is 15.9 Å². The number of aryl methyl sites for hydroxylation is 1. The lowest BCUT2D eigenvalue weighted by molar-refractivity contribution is -0.119. The van der Waals surface area contributed by atoms with Crippen LogP contribution in [0.2, 0.25) is 0 Å². The first-order valence-corrected chi connectivity index (χ1v) is 10.8. The van der Waals surface area contributed by atoms with Crippen molar-refractivity contribution in [1.29, 1.82) is 0 Å². The molecule has 7 nitrogen and oxygen atoms in total. The van der Waals surface area contributed by atoms with Gasteiger partial charge in [0, 0.05) is 12.3 Å². The second-order valence-electron chi connectivity index (χ2n) is 5.03. The van der Waals surface area contributed by atoms with Crippen molar-refractivity contribution >= 4 is 44.7 Å². The first-order valence-electron chi connectivity index (χ1n) is 7.18. The number of thioether (sulfide) groups is 1. The molecule has 1 aromatic carbocycles. The van der Waals surface area contributed by atoms with Gasteiger partial charge in [-0.15, -0.1) is 10.2 Å². The van der Waals surface area contributed by atoms with Crippen molar-refractivity contribution in [1.82, 2.24) is 15.5 Å². The summed E-state index contributed by atoms with van der Waals surface area (Å²) in [6.07, 6.45) is 0.971. The monoisotopic (exact) mass is 404 g/mol. The number of hydrogen-bond donors (Lipinski definition) is 1. The SMILES string of the molecule is Cc1nnc(SCCNC(=O)CN(c2cccc(F)c2)S(C)(=O)=O)s1. The van der Waals surface area contributed by atoms with Crippen LogP contribution in [0.3, 0.4) is 0 Å². The van der Waals surface area contributed by atoms with Crippen molar-refractivity contribution in [2.75, 3.05) is 29.4 Å². The predicted octanol–water partition coefficient (Wildman–Crippen LogP) is 1.66. The first-order chi connectivity index (χ1) is 11.8. The number of nitrogens with one attached hydrogen (secondary N) is 1. The van der Waals surface area contributed by atoms with E-state index >= 15 is 0 Å². The van der Waals surface area contributed by atoms with E-state index in [1.807, 2.05) is 6.92 Å². The van der Waals surface area contributed by atoms with E-state index in [4.69, 9.17) is 0 Å². The smallest absolute Gasteiger partial charge is 0.240 e. The fourth-order valence-corrected chi connectivity index (χ4v) is 4.47. The Hall–Kier alpha value is -1.72. The molecule has 0 saturated heterocycles. The van der Waals surface area contributed by atoms with Gasteiger partial charge in [0.15, 0.2) is 4.34 Å². The summed E-state index contributed by atoms with van der Waals surface area (Å²) in [6.45, 7) is 1.80. The maximum Gasteiger partial charge on any atom is 0.240 e. The van der Waals surface area contributed by atoms with Gasteiger partial charge < -0.3 is 5.32 Å². The topological polar surface area (TPSA) is 92.3 Å². The minimum atomic E-state index is -3.72. The zero-order chi connectivity index (χ0) is 18.4. The number of rotatable bonds is 8. The van der Waals surface area contributed by atoms with Gasteiger partial charge in [-0.05, 0) is 25.1 Å². The van der Waals surface area contributed by atoms with Crippen LogP contribution in [0.4, 0.5) is 10.1 Å². The van der Waals surface area contributed by atoms with Gasteiger partial charge in [0.05, 0.1) is 11.9 Å². The third kappa shape index (κ3) is 6.25. The number of hydrogen-bond acceptors (Lipinski definition) is 7. The van der Waals surface area contributed by atoms with Gasteiger partial charge >= 0.3 is 0 Å². The lowest BCUT2D eigenvalue weighted by Crippen LogP contribution is -2.41. The van der Waals surface area contributed by atoms with Crippen molar-refractivity contribution in [2.24, 2.45) is 0 Å². The van der Waals surface area contributed by atoms with Crippen LogP contribution in [0.15, 0.2) is 28.6 Å². The van der Waals surface area contributed by atoms with Gasteiger partial charge in [0.1, 0.15) is 17.4 Å². The Balaban J connectivity index is 1.89. The zero-order valence-corrected chi connectivity index (χ0v) is 16.0. The first kappa shape index (κ1) is 19.6.